The predicted molar refractivity (Wildman–Crippen MR) is 102 cm³/mol. The van der Waals surface area contributed by atoms with Gasteiger partial charge in [0.1, 0.15) is 0 Å². The summed E-state index contributed by atoms with van der Waals surface area (Å²) in [7, 11) is -3.74. The molecule has 0 bridgehead atoms. The van der Waals surface area contributed by atoms with Crippen LogP contribution in [0, 0.1) is 0 Å². The molecule has 1 fully saturated rings. The van der Waals surface area contributed by atoms with Crippen molar-refractivity contribution >= 4 is 33.5 Å². The molecule has 0 aliphatic carbocycles. The number of benzene rings is 1. The highest BCUT2D eigenvalue weighted by Crippen LogP contribution is 2.24. The molecule has 0 saturated carbocycles. The fraction of sp³-hybridized carbons (Fsp3) is 0.556. The number of ether oxygens (including phenoxy) is 1. The fourth-order valence-corrected chi connectivity index (χ4v) is 4.68. The number of halogens is 1. The topological polar surface area (TPSA) is 84.0 Å². The van der Waals surface area contributed by atoms with Gasteiger partial charge in [-0.2, -0.15) is 4.31 Å². The highest BCUT2D eigenvalue weighted by Gasteiger charge is 2.28. The summed E-state index contributed by atoms with van der Waals surface area (Å²) in [6.07, 6.45) is 0.905. The number of sulfonamides is 1. The van der Waals surface area contributed by atoms with Crippen LogP contribution in [-0.2, 0) is 19.6 Å². The van der Waals surface area contributed by atoms with Crippen LogP contribution >= 0.6 is 11.6 Å². The quantitative estimate of drug-likeness (QED) is 0.638. The fourth-order valence-electron chi connectivity index (χ4n) is 3.00. The molecule has 1 aliphatic heterocycles. The van der Waals surface area contributed by atoms with Crippen LogP contribution in [0.15, 0.2) is 23.1 Å². The summed E-state index contributed by atoms with van der Waals surface area (Å²) in [5.41, 5.74) is -0.0778. The summed E-state index contributed by atoms with van der Waals surface area (Å²) in [6, 6.07) is 3.90. The van der Waals surface area contributed by atoms with Crippen molar-refractivity contribution in [1.29, 1.82) is 0 Å². The number of hydrogen-bond acceptors (Lipinski definition) is 5. The van der Waals surface area contributed by atoms with Crippen molar-refractivity contribution in [3.63, 3.8) is 0 Å². The standard InChI is InChI=1S/C18H25ClN2O5S/c1-4-21(5-2)27(24,25)14-8-9-16(19)15(12-14)18(23)26-13(3)17(22)20-10-6-7-11-20/h8-9,12-13H,4-7,10-11H2,1-3H3/t13-/m1/s1. The first-order valence-electron chi connectivity index (χ1n) is 9.01. The Balaban J connectivity index is 2.22. The minimum absolute atomic E-state index is 0.0407. The number of rotatable bonds is 7. The predicted octanol–water partition coefficient (Wildman–Crippen LogP) is 2.54. The third kappa shape index (κ3) is 4.80. The maximum atomic E-state index is 12.7. The number of amides is 1. The van der Waals surface area contributed by atoms with E-state index in [1.807, 2.05) is 0 Å². The molecule has 1 aromatic rings. The molecule has 0 spiro atoms. The van der Waals surface area contributed by atoms with Crippen LogP contribution in [-0.4, -0.2) is 61.8 Å². The molecular weight excluding hydrogens is 392 g/mol. The Kier molecular flexibility index (Phi) is 7.25. The number of carbonyl (C=O) groups is 2. The van der Waals surface area contributed by atoms with Gasteiger partial charge >= 0.3 is 5.97 Å². The van der Waals surface area contributed by atoms with Crippen molar-refractivity contribution in [1.82, 2.24) is 9.21 Å². The molecule has 9 heteroatoms. The molecule has 1 amide bonds. The number of likely N-dealkylation sites (tertiary alicyclic amines) is 1. The lowest BCUT2D eigenvalue weighted by Gasteiger charge is -2.21. The molecule has 0 aromatic heterocycles. The maximum Gasteiger partial charge on any atom is 0.340 e. The molecule has 1 heterocycles. The van der Waals surface area contributed by atoms with Crippen molar-refractivity contribution in [2.75, 3.05) is 26.2 Å². The third-order valence-electron chi connectivity index (χ3n) is 4.55. The van der Waals surface area contributed by atoms with Gasteiger partial charge in [-0.15, -0.1) is 0 Å². The number of nitrogens with zero attached hydrogens (tertiary/aromatic N) is 2. The van der Waals surface area contributed by atoms with Crippen molar-refractivity contribution < 1.29 is 22.7 Å². The summed E-state index contributed by atoms with van der Waals surface area (Å²) in [6.45, 7) is 6.89. The van der Waals surface area contributed by atoms with Gasteiger partial charge in [0.25, 0.3) is 5.91 Å². The SMILES string of the molecule is CCN(CC)S(=O)(=O)c1ccc(Cl)c(C(=O)O[C@H](C)C(=O)N2CCCC2)c1. The maximum absolute atomic E-state index is 12.7. The third-order valence-corrected chi connectivity index (χ3v) is 6.93. The molecule has 1 aliphatic rings. The average molecular weight is 417 g/mol. The molecule has 27 heavy (non-hydrogen) atoms. The molecule has 0 unspecified atom stereocenters. The second-order valence-electron chi connectivity index (χ2n) is 6.31. The Morgan fingerprint density at radius 1 is 1.22 bits per heavy atom. The van der Waals surface area contributed by atoms with Gasteiger partial charge in [-0.25, -0.2) is 13.2 Å². The van der Waals surface area contributed by atoms with E-state index in [4.69, 9.17) is 16.3 Å². The first-order valence-corrected chi connectivity index (χ1v) is 10.8. The van der Waals surface area contributed by atoms with E-state index in [1.165, 1.54) is 29.4 Å². The summed E-state index contributed by atoms with van der Waals surface area (Å²) in [5.74, 6) is -1.08. The highest BCUT2D eigenvalue weighted by molar-refractivity contribution is 7.89. The molecule has 1 saturated heterocycles. The van der Waals surface area contributed by atoms with E-state index in [9.17, 15) is 18.0 Å². The van der Waals surface area contributed by atoms with Gasteiger partial charge < -0.3 is 9.64 Å². The Morgan fingerprint density at radius 3 is 2.37 bits per heavy atom. The molecule has 1 atom stereocenters. The number of hydrogen-bond donors (Lipinski definition) is 0. The van der Waals surface area contributed by atoms with Crippen LogP contribution in [0.3, 0.4) is 0 Å². The minimum Gasteiger partial charge on any atom is -0.449 e. The summed E-state index contributed by atoms with van der Waals surface area (Å²) < 4.78 is 31.8. The van der Waals surface area contributed by atoms with E-state index in [1.54, 1.807) is 18.7 Å². The Labute approximate surface area is 165 Å². The lowest BCUT2D eigenvalue weighted by Crippen LogP contribution is -2.38. The molecule has 7 nitrogen and oxygen atoms in total. The minimum atomic E-state index is -3.74. The normalized spacial score (nSPS) is 15.8. The van der Waals surface area contributed by atoms with Crippen molar-refractivity contribution in [3.8, 4) is 0 Å². The summed E-state index contributed by atoms with van der Waals surface area (Å²) >= 11 is 6.07. The Bertz CT molecular complexity index is 802. The van der Waals surface area contributed by atoms with Crippen LogP contribution in [0.5, 0.6) is 0 Å². The number of esters is 1. The van der Waals surface area contributed by atoms with Crippen LogP contribution in [0.25, 0.3) is 0 Å². The van der Waals surface area contributed by atoms with Gasteiger partial charge in [-0.05, 0) is 38.0 Å². The monoisotopic (exact) mass is 416 g/mol. The van der Waals surface area contributed by atoms with E-state index in [2.05, 4.69) is 0 Å². The second-order valence-corrected chi connectivity index (χ2v) is 8.66. The smallest absolute Gasteiger partial charge is 0.340 e. The Morgan fingerprint density at radius 2 is 1.81 bits per heavy atom. The lowest BCUT2D eigenvalue weighted by atomic mass is 10.2. The molecule has 150 valence electrons. The second kappa shape index (κ2) is 9.03. The first kappa shape index (κ1) is 21.7. The molecule has 1 aromatic carbocycles. The largest absolute Gasteiger partial charge is 0.449 e. The molecular formula is C18H25ClN2O5S. The molecule has 0 radical (unpaired) electrons. The van der Waals surface area contributed by atoms with Crippen LogP contribution in [0.4, 0.5) is 0 Å². The number of carbonyl (C=O) groups excluding carboxylic acids is 2. The van der Waals surface area contributed by atoms with E-state index in [0.29, 0.717) is 26.2 Å². The zero-order valence-electron chi connectivity index (χ0n) is 15.8. The van der Waals surface area contributed by atoms with Gasteiger partial charge in [0, 0.05) is 26.2 Å². The molecule has 2 rings (SSSR count). The van der Waals surface area contributed by atoms with Gasteiger partial charge in [0.2, 0.25) is 10.0 Å². The van der Waals surface area contributed by atoms with Gasteiger partial charge in [0.05, 0.1) is 15.5 Å². The van der Waals surface area contributed by atoms with Crippen LogP contribution in [0.2, 0.25) is 5.02 Å². The van der Waals surface area contributed by atoms with E-state index in [-0.39, 0.29) is 21.4 Å². The first-order chi connectivity index (χ1) is 12.7. The zero-order chi connectivity index (χ0) is 20.2. The molecule has 0 N–H and O–H groups in total. The van der Waals surface area contributed by atoms with Crippen molar-refractivity contribution in [2.24, 2.45) is 0 Å². The highest BCUT2D eigenvalue weighted by atomic mass is 35.5. The zero-order valence-corrected chi connectivity index (χ0v) is 17.3. The average Bonchev–Trinajstić information content (AvgIpc) is 3.16. The van der Waals surface area contributed by atoms with Crippen LogP contribution in [0.1, 0.15) is 44.0 Å². The van der Waals surface area contributed by atoms with Crippen LogP contribution < -0.4 is 0 Å². The van der Waals surface area contributed by atoms with Gasteiger partial charge in [-0.1, -0.05) is 25.4 Å². The summed E-state index contributed by atoms with van der Waals surface area (Å²) in [5, 5.41) is 0.0688. The van der Waals surface area contributed by atoms with E-state index >= 15 is 0 Å². The van der Waals surface area contributed by atoms with Gasteiger partial charge in [-0.3, -0.25) is 4.79 Å². The Hall–Kier alpha value is -1.64. The van der Waals surface area contributed by atoms with Crippen molar-refractivity contribution in [3.05, 3.63) is 28.8 Å². The lowest BCUT2D eigenvalue weighted by molar-refractivity contribution is -0.138. The van der Waals surface area contributed by atoms with Gasteiger partial charge in [0.15, 0.2) is 6.10 Å². The van der Waals surface area contributed by atoms with E-state index in [0.717, 1.165) is 12.8 Å². The van der Waals surface area contributed by atoms with E-state index < -0.39 is 22.1 Å². The summed E-state index contributed by atoms with van der Waals surface area (Å²) in [4.78, 5) is 26.4. The van der Waals surface area contributed by atoms with Crippen molar-refractivity contribution in [2.45, 2.75) is 44.6 Å².